The van der Waals surface area contributed by atoms with Gasteiger partial charge in [-0.25, -0.2) is 17.9 Å². The third-order valence-corrected chi connectivity index (χ3v) is 5.24. The molecule has 2 rings (SSSR count). The molecular formula is C18H17F3N2O5S. The molecule has 29 heavy (non-hydrogen) atoms. The molecule has 156 valence electrons. The van der Waals surface area contributed by atoms with Crippen LogP contribution in [0.25, 0.3) is 0 Å². The monoisotopic (exact) mass is 430 g/mol. The Labute approximate surface area is 164 Å². The van der Waals surface area contributed by atoms with Crippen LogP contribution in [-0.4, -0.2) is 33.4 Å². The van der Waals surface area contributed by atoms with E-state index >= 15 is 0 Å². The molecule has 2 aromatic carbocycles. The molecule has 0 radical (unpaired) electrons. The highest BCUT2D eigenvalue weighted by Crippen LogP contribution is 2.34. The van der Waals surface area contributed by atoms with Gasteiger partial charge in [0.1, 0.15) is 0 Å². The molecule has 1 atom stereocenters. The molecule has 7 nitrogen and oxygen atoms in total. The smallest absolute Gasteiger partial charge is 0.418 e. The molecule has 0 bridgehead atoms. The fourth-order valence-corrected chi connectivity index (χ4v) is 2.97. The van der Waals surface area contributed by atoms with E-state index in [9.17, 15) is 31.2 Å². The van der Waals surface area contributed by atoms with E-state index in [2.05, 4.69) is 10.0 Å². The van der Waals surface area contributed by atoms with Crippen LogP contribution in [0.15, 0.2) is 53.4 Å². The predicted octanol–water partition coefficient (Wildman–Crippen LogP) is 2.80. The van der Waals surface area contributed by atoms with Crippen molar-refractivity contribution in [3.63, 3.8) is 0 Å². The van der Waals surface area contributed by atoms with Crippen molar-refractivity contribution < 1.29 is 35.9 Å². The first-order chi connectivity index (χ1) is 13.5. The summed E-state index contributed by atoms with van der Waals surface area (Å²) in [5.74, 6) is -1.89. The maximum Gasteiger partial charge on any atom is 0.418 e. The Hall–Kier alpha value is -2.92. The summed E-state index contributed by atoms with van der Waals surface area (Å²) in [6, 6.07) is 9.12. The molecule has 0 fully saturated rings. The van der Waals surface area contributed by atoms with Crippen molar-refractivity contribution in [1.82, 2.24) is 4.72 Å². The molecule has 2 N–H and O–H groups in total. The molecule has 0 saturated heterocycles. The summed E-state index contributed by atoms with van der Waals surface area (Å²) in [6.07, 6.45) is -6.07. The molecule has 0 heterocycles. The van der Waals surface area contributed by atoms with Crippen LogP contribution in [0.2, 0.25) is 0 Å². The highest BCUT2D eigenvalue weighted by molar-refractivity contribution is 7.89. The second kappa shape index (κ2) is 8.62. The summed E-state index contributed by atoms with van der Waals surface area (Å²) < 4.78 is 69.4. The first-order valence-electron chi connectivity index (χ1n) is 8.17. The molecule has 0 saturated carbocycles. The van der Waals surface area contributed by atoms with Crippen LogP contribution in [-0.2, 0) is 25.7 Å². The number of ether oxygens (including phenoxy) is 1. The van der Waals surface area contributed by atoms with Crippen molar-refractivity contribution in [3.05, 3.63) is 59.7 Å². The Kier molecular flexibility index (Phi) is 6.65. The molecule has 2 aromatic rings. The fraction of sp³-hybridized carbons (Fsp3) is 0.222. The van der Waals surface area contributed by atoms with Crippen LogP contribution in [0.5, 0.6) is 0 Å². The third kappa shape index (κ3) is 5.55. The molecule has 0 aliphatic carbocycles. The van der Waals surface area contributed by atoms with Gasteiger partial charge in [-0.05, 0) is 50.4 Å². The molecule has 0 aliphatic heterocycles. The van der Waals surface area contributed by atoms with Gasteiger partial charge in [-0.1, -0.05) is 12.1 Å². The molecule has 0 aliphatic rings. The Bertz CT molecular complexity index is 1000. The lowest BCUT2D eigenvalue weighted by atomic mass is 10.1. The average molecular weight is 430 g/mol. The summed E-state index contributed by atoms with van der Waals surface area (Å²) in [7, 11) is -2.46. The Balaban J connectivity index is 2.08. The SMILES string of the molecule is CNS(=O)(=O)c1ccc(C(=O)OC(C)C(=O)Nc2ccccc2C(F)(F)F)cc1. The van der Waals surface area contributed by atoms with Crippen LogP contribution in [0.3, 0.4) is 0 Å². The number of amides is 1. The number of anilines is 1. The van der Waals surface area contributed by atoms with E-state index < -0.39 is 45.4 Å². The number of hydrogen-bond donors (Lipinski definition) is 2. The molecule has 0 spiro atoms. The Morgan fingerprint density at radius 3 is 2.17 bits per heavy atom. The summed E-state index contributed by atoms with van der Waals surface area (Å²) in [5, 5.41) is 2.09. The van der Waals surface area contributed by atoms with Crippen molar-refractivity contribution in [1.29, 1.82) is 0 Å². The lowest BCUT2D eigenvalue weighted by Gasteiger charge is -2.17. The minimum Gasteiger partial charge on any atom is -0.449 e. The van der Waals surface area contributed by atoms with Gasteiger partial charge >= 0.3 is 12.1 Å². The number of sulfonamides is 1. The number of carbonyl (C=O) groups excluding carboxylic acids is 2. The van der Waals surface area contributed by atoms with Crippen molar-refractivity contribution in [3.8, 4) is 0 Å². The van der Waals surface area contributed by atoms with Gasteiger partial charge < -0.3 is 10.1 Å². The van der Waals surface area contributed by atoms with Gasteiger partial charge in [0, 0.05) is 0 Å². The van der Waals surface area contributed by atoms with Gasteiger partial charge in [0.15, 0.2) is 6.10 Å². The van der Waals surface area contributed by atoms with E-state index in [1.807, 2.05) is 0 Å². The Morgan fingerprint density at radius 1 is 1.03 bits per heavy atom. The summed E-state index contributed by atoms with van der Waals surface area (Å²) in [4.78, 5) is 24.2. The zero-order chi connectivity index (χ0) is 21.8. The summed E-state index contributed by atoms with van der Waals surface area (Å²) in [5.41, 5.74) is -1.53. The lowest BCUT2D eigenvalue weighted by Crippen LogP contribution is -2.30. The molecule has 11 heteroatoms. The number of para-hydroxylation sites is 1. The van der Waals surface area contributed by atoms with E-state index in [0.29, 0.717) is 0 Å². The number of alkyl halides is 3. The van der Waals surface area contributed by atoms with Gasteiger partial charge in [-0.3, -0.25) is 4.79 Å². The zero-order valence-corrected chi connectivity index (χ0v) is 16.1. The van der Waals surface area contributed by atoms with E-state index in [1.54, 1.807) is 0 Å². The minimum absolute atomic E-state index is 0.0320. The predicted molar refractivity (Wildman–Crippen MR) is 97.6 cm³/mol. The van der Waals surface area contributed by atoms with Crippen molar-refractivity contribution in [2.75, 3.05) is 12.4 Å². The number of benzene rings is 2. The maximum absolute atomic E-state index is 13.0. The molecular weight excluding hydrogens is 413 g/mol. The fourth-order valence-electron chi connectivity index (χ4n) is 2.24. The highest BCUT2D eigenvalue weighted by atomic mass is 32.2. The van der Waals surface area contributed by atoms with Crippen molar-refractivity contribution in [2.24, 2.45) is 0 Å². The van der Waals surface area contributed by atoms with Gasteiger partial charge in [0.05, 0.1) is 21.7 Å². The summed E-state index contributed by atoms with van der Waals surface area (Å²) >= 11 is 0. The van der Waals surface area contributed by atoms with Crippen LogP contribution in [0.1, 0.15) is 22.8 Å². The van der Waals surface area contributed by atoms with Crippen LogP contribution in [0.4, 0.5) is 18.9 Å². The number of hydrogen-bond acceptors (Lipinski definition) is 5. The van der Waals surface area contributed by atoms with Crippen LogP contribution >= 0.6 is 0 Å². The second-order valence-electron chi connectivity index (χ2n) is 5.81. The van der Waals surface area contributed by atoms with Gasteiger partial charge in [0.2, 0.25) is 10.0 Å². The molecule has 0 aromatic heterocycles. The number of esters is 1. The first-order valence-corrected chi connectivity index (χ1v) is 9.65. The number of carbonyl (C=O) groups is 2. The van der Waals surface area contributed by atoms with E-state index in [1.165, 1.54) is 50.4 Å². The van der Waals surface area contributed by atoms with Gasteiger partial charge in [-0.2, -0.15) is 13.2 Å². The lowest BCUT2D eigenvalue weighted by molar-refractivity contribution is -0.137. The normalized spacial score (nSPS) is 12.9. The maximum atomic E-state index is 13.0. The first kappa shape index (κ1) is 22.4. The Morgan fingerprint density at radius 2 is 1.62 bits per heavy atom. The second-order valence-corrected chi connectivity index (χ2v) is 7.70. The average Bonchev–Trinajstić information content (AvgIpc) is 2.67. The number of rotatable bonds is 6. The number of halogens is 3. The molecule has 1 amide bonds. The quantitative estimate of drug-likeness (QED) is 0.687. The zero-order valence-electron chi connectivity index (χ0n) is 15.3. The number of nitrogens with one attached hydrogen (secondary N) is 2. The van der Waals surface area contributed by atoms with Gasteiger partial charge in [0.25, 0.3) is 5.91 Å². The van der Waals surface area contributed by atoms with Crippen molar-refractivity contribution in [2.45, 2.75) is 24.1 Å². The van der Waals surface area contributed by atoms with E-state index in [-0.39, 0.29) is 10.5 Å². The largest absolute Gasteiger partial charge is 0.449 e. The van der Waals surface area contributed by atoms with E-state index in [0.717, 1.165) is 12.1 Å². The minimum atomic E-state index is -4.67. The topological polar surface area (TPSA) is 102 Å². The molecule has 1 unspecified atom stereocenters. The van der Waals surface area contributed by atoms with Crippen molar-refractivity contribution >= 4 is 27.6 Å². The summed E-state index contributed by atoms with van der Waals surface area (Å²) in [6.45, 7) is 1.20. The van der Waals surface area contributed by atoms with Crippen LogP contribution in [0, 0.1) is 0 Å². The van der Waals surface area contributed by atoms with Gasteiger partial charge in [-0.15, -0.1) is 0 Å². The highest BCUT2D eigenvalue weighted by Gasteiger charge is 2.34. The standard InChI is InChI=1S/C18H17F3N2O5S/c1-11(16(24)23-15-6-4-3-5-14(15)18(19,20)21)28-17(25)12-7-9-13(10-8-12)29(26,27)22-2/h3-11,22H,1-2H3,(H,23,24). The van der Waals surface area contributed by atoms with Crippen LogP contribution < -0.4 is 10.0 Å². The van der Waals surface area contributed by atoms with E-state index in [4.69, 9.17) is 4.74 Å². The third-order valence-electron chi connectivity index (χ3n) is 3.81.